The Balaban J connectivity index is 3.40. The second-order valence-corrected chi connectivity index (χ2v) is 9.74. The third-order valence-electron chi connectivity index (χ3n) is 4.96. The Morgan fingerprint density at radius 1 is 0.680 bits per heavy atom. The average molecular weight is 355 g/mol. The minimum atomic E-state index is -0.0463. The summed E-state index contributed by atoms with van der Waals surface area (Å²) in [5, 5.41) is 0. The molecule has 0 radical (unpaired) electrons. The molecule has 150 valence electrons. The molecule has 0 unspecified atom stereocenters. The van der Waals surface area contributed by atoms with Gasteiger partial charge in [-0.05, 0) is 30.6 Å². The van der Waals surface area contributed by atoms with Crippen LogP contribution in [-0.4, -0.2) is 12.6 Å². The predicted molar refractivity (Wildman–Crippen MR) is 110 cm³/mol. The summed E-state index contributed by atoms with van der Waals surface area (Å²) < 4.78 is 5.06. The van der Waals surface area contributed by atoms with E-state index in [0.717, 1.165) is 6.42 Å². The molecule has 0 heterocycles. The number of rotatable bonds is 15. The molecule has 25 heavy (non-hydrogen) atoms. The molecule has 0 saturated carbocycles. The van der Waals surface area contributed by atoms with E-state index in [1.807, 2.05) is 6.92 Å². The summed E-state index contributed by atoms with van der Waals surface area (Å²) in [5.74, 6) is -0.0463. The number of hydrogen-bond donors (Lipinski definition) is 0. The highest BCUT2D eigenvalue weighted by Crippen LogP contribution is 2.28. The number of esters is 1. The van der Waals surface area contributed by atoms with Gasteiger partial charge in [0.2, 0.25) is 0 Å². The van der Waals surface area contributed by atoms with E-state index >= 15 is 0 Å². The van der Waals surface area contributed by atoms with Gasteiger partial charge in [-0.15, -0.1) is 0 Å². The first-order valence-corrected chi connectivity index (χ1v) is 10.8. The van der Waals surface area contributed by atoms with Gasteiger partial charge in [0, 0.05) is 0 Å². The SMILES string of the molecule is CCOC(=O)CC(C)(C)CCCCCCCCCCCCC(C)(C)C. The zero-order valence-electron chi connectivity index (χ0n) is 18.2. The molecule has 2 nitrogen and oxygen atoms in total. The van der Waals surface area contributed by atoms with Crippen molar-refractivity contribution in [3.63, 3.8) is 0 Å². The molecule has 0 fully saturated rings. The Kier molecular flexibility index (Phi) is 13.4. The number of carbonyl (C=O) groups is 1. The van der Waals surface area contributed by atoms with Crippen LogP contribution in [0.3, 0.4) is 0 Å². The fraction of sp³-hybridized carbons (Fsp3) is 0.957. The highest BCUT2D eigenvalue weighted by molar-refractivity contribution is 5.70. The quantitative estimate of drug-likeness (QED) is 0.222. The van der Waals surface area contributed by atoms with Gasteiger partial charge in [-0.3, -0.25) is 4.79 Å². The highest BCUT2D eigenvalue weighted by Gasteiger charge is 2.22. The van der Waals surface area contributed by atoms with Crippen molar-refractivity contribution in [1.29, 1.82) is 0 Å². The minimum Gasteiger partial charge on any atom is -0.466 e. The molecule has 0 bridgehead atoms. The van der Waals surface area contributed by atoms with Crippen LogP contribution < -0.4 is 0 Å². The molecule has 0 aliphatic heterocycles. The molecule has 0 atom stereocenters. The van der Waals surface area contributed by atoms with Gasteiger partial charge in [-0.1, -0.05) is 98.8 Å². The lowest BCUT2D eigenvalue weighted by Gasteiger charge is -2.23. The van der Waals surface area contributed by atoms with E-state index in [-0.39, 0.29) is 11.4 Å². The number of ether oxygens (including phenoxy) is 1. The zero-order valence-corrected chi connectivity index (χ0v) is 18.2. The van der Waals surface area contributed by atoms with Crippen LogP contribution in [-0.2, 0) is 9.53 Å². The van der Waals surface area contributed by atoms with Crippen LogP contribution in [0.5, 0.6) is 0 Å². The molecule has 0 amide bonds. The molecule has 0 spiro atoms. The first kappa shape index (κ1) is 24.5. The van der Waals surface area contributed by atoms with E-state index in [9.17, 15) is 4.79 Å². The Morgan fingerprint density at radius 3 is 1.48 bits per heavy atom. The fourth-order valence-electron chi connectivity index (χ4n) is 3.36. The molecule has 0 aromatic carbocycles. The average Bonchev–Trinajstić information content (AvgIpc) is 2.46. The predicted octanol–water partition coefficient (Wildman–Crippen LogP) is 7.69. The summed E-state index contributed by atoms with van der Waals surface area (Å²) in [5.41, 5.74) is 0.587. The zero-order chi connectivity index (χ0) is 19.2. The van der Waals surface area contributed by atoms with Gasteiger partial charge in [0.25, 0.3) is 0 Å². The summed E-state index contributed by atoms with van der Waals surface area (Å²) in [6, 6.07) is 0. The van der Waals surface area contributed by atoms with Crippen molar-refractivity contribution in [3.05, 3.63) is 0 Å². The molecule has 2 heteroatoms. The topological polar surface area (TPSA) is 26.3 Å². The van der Waals surface area contributed by atoms with E-state index in [4.69, 9.17) is 4.74 Å². The van der Waals surface area contributed by atoms with Crippen molar-refractivity contribution in [3.8, 4) is 0 Å². The van der Waals surface area contributed by atoms with Gasteiger partial charge >= 0.3 is 5.97 Å². The monoisotopic (exact) mass is 354 g/mol. The molecular formula is C23H46O2. The Morgan fingerprint density at radius 2 is 1.08 bits per heavy atom. The van der Waals surface area contributed by atoms with Crippen LogP contribution in [0.15, 0.2) is 0 Å². The van der Waals surface area contributed by atoms with Crippen LogP contribution in [0, 0.1) is 10.8 Å². The Hall–Kier alpha value is -0.530. The third kappa shape index (κ3) is 18.1. The standard InChI is InChI=1S/C23H46O2/c1-7-25-21(24)20-23(5,6)19-17-15-13-11-9-8-10-12-14-16-18-22(2,3)4/h7-20H2,1-6H3. The first-order chi connectivity index (χ1) is 11.7. The van der Waals surface area contributed by atoms with Gasteiger partial charge < -0.3 is 4.74 Å². The number of hydrogen-bond acceptors (Lipinski definition) is 2. The van der Waals surface area contributed by atoms with Crippen molar-refractivity contribution in [2.75, 3.05) is 6.61 Å². The van der Waals surface area contributed by atoms with E-state index in [1.165, 1.54) is 70.6 Å². The second kappa shape index (κ2) is 13.6. The van der Waals surface area contributed by atoms with Crippen LogP contribution in [0.25, 0.3) is 0 Å². The summed E-state index contributed by atoms with van der Waals surface area (Å²) >= 11 is 0. The van der Waals surface area contributed by atoms with E-state index in [0.29, 0.717) is 18.4 Å². The molecule has 0 aliphatic rings. The maximum atomic E-state index is 11.6. The van der Waals surface area contributed by atoms with Gasteiger partial charge in [0.1, 0.15) is 0 Å². The smallest absolute Gasteiger partial charge is 0.306 e. The molecular weight excluding hydrogens is 308 g/mol. The fourth-order valence-corrected chi connectivity index (χ4v) is 3.36. The van der Waals surface area contributed by atoms with Crippen molar-refractivity contribution in [2.45, 2.75) is 125 Å². The van der Waals surface area contributed by atoms with Gasteiger partial charge in [-0.2, -0.15) is 0 Å². The maximum absolute atomic E-state index is 11.6. The highest BCUT2D eigenvalue weighted by atomic mass is 16.5. The van der Waals surface area contributed by atoms with Crippen LogP contribution in [0.2, 0.25) is 0 Å². The van der Waals surface area contributed by atoms with Crippen molar-refractivity contribution >= 4 is 5.97 Å². The number of unbranched alkanes of at least 4 members (excludes halogenated alkanes) is 9. The third-order valence-corrected chi connectivity index (χ3v) is 4.96. The Bertz CT molecular complexity index is 325. The van der Waals surface area contributed by atoms with Crippen molar-refractivity contribution in [2.24, 2.45) is 10.8 Å². The van der Waals surface area contributed by atoms with E-state index in [1.54, 1.807) is 0 Å². The molecule has 0 aliphatic carbocycles. The largest absolute Gasteiger partial charge is 0.466 e. The molecule has 0 aromatic rings. The second-order valence-electron chi connectivity index (χ2n) is 9.74. The summed E-state index contributed by atoms with van der Waals surface area (Å²) in [7, 11) is 0. The molecule has 0 N–H and O–H groups in total. The van der Waals surface area contributed by atoms with Gasteiger partial charge in [0.15, 0.2) is 0 Å². The van der Waals surface area contributed by atoms with Crippen LogP contribution >= 0.6 is 0 Å². The van der Waals surface area contributed by atoms with Crippen molar-refractivity contribution < 1.29 is 9.53 Å². The van der Waals surface area contributed by atoms with Gasteiger partial charge in [-0.25, -0.2) is 0 Å². The number of carbonyl (C=O) groups excluding carboxylic acids is 1. The lowest BCUT2D eigenvalue weighted by Crippen LogP contribution is -2.18. The molecule has 0 aromatic heterocycles. The lowest BCUT2D eigenvalue weighted by atomic mass is 9.83. The Labute approximate surface area is 158 Å². The minimum absolute atomic E-state index is 0.0463. The van der Waals surface area contributed by atoms with Crippen LogP contribution in [0.1, 0.15) is 125 Å². The lowest BCUT2D eigenvalue weighted by molar-refractivity contribution is -0.145. The van der Waals surface area contributed by atoms with Gasteiger partial charge in [0.05, 0.1) is 13.0 Å². The summed E-state index contributed by atoms with van der Waals surface area (Å²) in [4.78, 5) is 11.6. The van der Waals surface area contributed by atoms with E-state index in [2.05, 4.69) is 34.6 Å². The normalized spacial score (nSPS) is 12.4. The first-order valence-electron chi connectivity index (χ1n) is 10.8. The summed E-state index contributed by atoms with van der Waals surface area (Å²) in [6.07, 6.45) is 16.7. The molecule has 0 rings (SSSR count). The molecule has 0 saturated heterocycles. The summed E-state index contributed by atoms with van der Waals surface area (Å²) in [6.45, 7) is 13.7. The maximum Gasteiger partial charge on any atom is 0.306 e. The van der Waals surface area contributed by atoms with Crippen molar-refractivity contribution in [1.82, 2.24) is 0 Å². The van der Waals surface area contributed by atoms with Crippen LogP contribution in [0.4, 0.5) is 0 Å². The van der Waals surface area contributed by atoms with E-state index < -0.39 is 0 Å².